The number of rotatable bonds is 5. The Labute approximate surface area is 118 Å². The molecule has 1 amide bonds. The average Bonchev–Trinajstić information content (AvgIpc) is 2.98. The lowest BCUT2D eigenvalue weighted by atomic mass is 10.2. The number of likely N-dealkylation sites (tertiary alicyclic amines) is 1. The van der Waals surface area contributed by atoms with Crippen LogP contribution in [-0.4, -0.2) is 38.6 Å². The fourth-order valence-corrected chi connectivity index (χ4v) is 2.45. The first-order valence-corrected chi connectivity index (χ1v) is 7.01. The number of amides is 1. The van der Waals surface area contributed by atoms with Crippen molar-refractivity contribution in [3.63, 3.8) is 0 Å². The average molecular weight is 277 g/mol. The topological polar surface area (TPSA) is 59.8 Å². The molecule has 1 fully saturated rings. The summed E-state index contributed by atoms with van der Waals surface area (Å²) in [4.78, 5) is 24.6. The monoisotopic (exact) mass is 277 g/mol. The molecule has 0 bridgehead atoms. The SMILES string of the molecule is COC(=O)c1ccc(NC(=O)CC[NH+]2CCCC2)cc1. The number of quaternary nitrogens is 1. The molecule has 0 saturated carbocycles. The molecule has 1 aromatic carbocycles. The standard InChI is InChI=1S/C15H20N2O3/c1-20-15(19)12-4-6-13(7-5-12)16-14(18)8-11-17-9-2-3-10-17/h4-7H,2-3,8-11H2,1H3,(H,16,18)/p+1. The molecule has 5 heteroatoms. The second kappa shape index (κ2) is 7.05. The summed E-state index contributed by atoms with van der Waals surface area (Å²) in [7, 11) is 1.35. The fraction of sp³-hybridized carbons (Fsp3) is 0.467. The predicted octanol–water partition coefficient (Wildman–Crippen LogP) is 0.480. The highest BCUT2D eigenvalue weighted by Gasteiger charge is 2.16. The molecule has 1 saturated heterocycles. The molecular weight excluding hydrogens is 256 g/mol. The van der Waals surface area contributed by atoms with Crippen molar-refractivity contribution in [3.8, 4) is 0 Å². The number of carbonyl (C=O) groups excluding carboxylic acids is 2. The molecule has 5 nitrogen and oxygen atoms in total. The minimum Gasteiger partial charge on any atom is -0.465 e. The van der Waals surface area contributed by atoms with Gasteiger partial charge >= 0.3 is 5.97 Å². The molecule has 0 aromatic heterocycles. The van der Waals surface area contributed by atoms with Crippen LogP contribution in [0.1, 0.15) is 29.6 Å². The van der Waals surface area contributed by atoms with Crippen LogP contribution in [0.4, 0.5) is 5.69 Å². The Morgan fingerprint density at radius 2 is 1.85 bits per heavy atom. The zero-order valence-electron chi connectivity index (χ0n) is 11.8. The lowest BCUT2D eigenvalue weighted by molar-refractivity contribution is -0.886. The molecule has 1 aromatic rings. The van der Waals surface area contributed by atoms with Crippen molar-refractivity contribution in [2.45, 2.75) is 19.3 Å². The zero-order valence-corrected chi connectivity index (χ0v) is 11.8. The minimum absolute atomic E-state index is 0.0234. The quantitative estimate of drug-likeness (QED) is 0.770. The van der Waals surface area contributed by atoms with Gasteiger partial charge in [0.2, 0.25) is 5.91 Å². The second-order valence-corrected chi connectivity index (χ2v) is 5.07. The Kier molecular flexibility index (Phi) is 5.12. The van der Waals surface area contributed by atoms with E-state index in [-0.39, 0.29) is 11.9 Å². The summed E-state index contributed by atoms with van der Waals surface area (Å²) in [6, 6.07) is 6.72. The molecule has 0 unspecified atom stereocenters. The van der Waals surface area contributed by atoms with Crippen LogP contribution in [-0.2, 0) is 9.53 Å². The first kappa shape index (κ1) is 14.5. The summed E-state index contributed by atoms with van der Waals surface area (Å²) in [5, 5.41) is 2.85. The summed E-state index contributed by atoms with van der Waals surface area (Å²) in [6.07, 6.45) is 3.08. The Balaban J connectivity index is 1.80. The van der Waals surface area contributed by atoms with E-state index in [0.717, 1.165) is 6.54 Å². The van der Waals surface area contributed by atoms with Gasteiger partial charge in [0.15, 0.2) is 0 Å². The normalized spacial score (nSPS) is 15.1. The van der Waals surface area contributed by atoms with Crippen molar-refractivity contribution in [2.24, 2.45) is 0 Å². The highest BCUT2D eigenvalue weighted by Crippen LogP contribution is 2.10. The second-order valence-electron chi connectivity index (χ2n) is 5.07. The summed E-state index contributed by atoms with van der Waals surface area (Å²) in [5.41, 5.74) is 1.19. The van der Waals surface area contributed by atoms with Crippen LogP contribution in [0.25, 0.3) is 0 Å². The lowest BCUT2D eigenvalue weighted by Crippen LogP contribution is -3.10. The van der Waals surface area contributed by atoms with Crippen LogP contribution in [0, 0.1) is 0 Å². The van der Waals surface area contributed by atoms with Crippen molar-refractivity contribution in [2.75, 3.05) is 32.1 Å². The maximum absolute atomic E-state index is 11.8. The number of nitrogens with one attached hydrogen (secondary N) is 2. The van der Waals surface area contributed by atoms with E-state index in [4.69, 9.17) is 0 Å². The van der Waals surface area contributed by atoms with Crippen molar-refractivity contribution in [3.05, 3.63) is 29.8 Å². The summed E-state index contributed by atoms with van der Waals surface area (Å²) in [5.74, 6) is -0.351. The maximum Gasteiger partial charge on any atom is 0.337 e. The van der Waals surface area contributed by atoms with Gasteiger partial charge in [0, 0.05) is 18.5 Å². The zero-order chi connectivity index (χ0) is 14.4. The number of hydrogen-bond donors (Lipinski definition) is 2. The molecule has 2 N–H and O–H groups in total. The van der Waals surface area contributed by atoms with Crippen LogP contribution in [0.15, 0.2) is 24.3 Å². The Bertz CT molecular complexity index is 465. The van der Waals surface area contributed by atoms with Gasteiger partial charge in [0.1, 0.15) is 0 Å². The van der Waals surface area contributed by atoms with Crippen molar-refractivity contribution in [1.29, 1.82) is 0 Å². The van der Waals surface area contributed by atoms with E-state index in [1.54, 1.807) is 24.3 Å². The van der Waals surface area contributed by atoms with Gasteiger partial charge in [-0.05, 0) is 24.3 Å². The van der Waals surface area contributed by atoms with Gasteiger partial charge < -0.3 is 15.0 Å². The van der Waals surface area contributed by atoms with Crippen molar-refractivity contribution < 1.29 is 19.2 Å². The molecule has 1 heterocycles. The van der Waals surface area contributed by atoms with E-state index in [1.165, 1.54) is 37.9 Å². The van der Waals surface area contributed by atoms with E-state index in [2.05, 4.69) is 10.1 Å². The maximum atomic E-state index is 11.8. The minimum atomic E-state index is -0.375. The summed E-state index contributed by atoms with van der Waals surface area (Å²) < 4.78 is 4.62. The van der Waals surface area contributed by atoms with E-state index in [0.29, 0.717) is 17.7 Å². The van der Waals surface area contributed by atoms with Crippen molar-refractivity contribution >= 4 is 17.6 Å². The van der Waals surface area contributed by atoms with Gasteiger partial charge in [-0.15, -0.1) is 0 Å². The smallest absolute Gasteiger partial charge is 0.337 e. The molecule has 2 rings (SSSR count). The molecule has 0 spiro atoms. The third-order valence-electron chi connectivity index (χ3n) is 3.61. The summed E-state index contributed by atoms with van der Waals surface area (Å²) in [6.45, 7) is 3.26. The molecule has 0 radical (unpaired) electrons. The Hall–Kier alpha value is -1.88. The third kappa shape index (κ3) is 4.06. The molecule has 1 aliphatic rings. The molecule has 1 aliphatic heterocycles. The first-order valence-electron chi connectivity index (χ1n) is 7.01. The molecule has 108 valence electrons. The molecule has 0 aliphatic carbocycles. The van der Waals surface area contributed by atoms with Crippen LogP contribution in [0.3, 0.4) is 0 Å². The van der Waals surface area contributed by atoms with E-state index < -0.39 is 0 Å². The van der Waals surface area contributed by atoms with Crippen LogP contribution >= 0.6 is 0 Å². The van der Waals surface area contributed by atoms with Gasteiger partial charge in [0.05, 0.1) is 38.7 Å². The van der Waals surface area contributed by atoms with Crippen LogP contribution < -0.4 is 10.2 Å². The highest BCUT2D eigenvalue weighted by atomic mass is 16.5. The van der Waals surface area contributed by atoms with Crippen molar-refractivity contribution in [1.82, 2.24) is 0 Å². The van der Waals surface area contributed by atoms with Gasteiger partial charge in [-0.2, -0.15) is 0 Å². The van der Waals surface area contributed by atoms with Crippen LogP contribution in [0.5, 0.6) is 0 Å². The number of esters is 1. The number of hydrogen-bond acceptors (Lipinski definition) is 3. The van der Waals surface area contributed by atoms with Gasteiger partial charge in [-0.1, -0.05) is 0 Å². The number of ether oxygens (including phenoxy) is 1. The number of carbonyl (C=O) groups is 2. The first-order chi connectivity index (χ1) is 9.69. The third-order valence-corrected chi connectivity index (χ3v) is 3.61. The largest absolute Gasteiger partial charge is 0.465 e. The van der Waals surface area contributed by atoms with Gasteiger partial charge in [-0.3, -0.25) is 4.79 Å². The number of methoxy groups -OCH3 is 1. The lowest BCUT2D eigenvalue weighted by Gasteiger charge is -2.11. The Morgan fingerprint density at radius 3 is 2.45 bits per heavy atom. The van der Waals surface area contributed by atoms with E-state index >= 15 is 0 Å². The van der Waals surface area contributed by atoms with E-state index in [9.17, 15) is 9.59 Å². The fourth-order valence-electron chi connectivity index (χ4n) is 2.45. The van der Waals surface area contributed by atoms with Crippen LogP contribution in [0.2, 0.25) is 0 Å². The molecule has 20 heavy (non-hydrogen) atoms. The predicted molar refractivity (Wildman–Crippen MR) is 75.8 cm³/mol. The highest BCUT2D eigenvalue weighted by molar-refractivity contribution is 5.93. The van der Waals surface area contributed by atoms with Gasteiger partial charge in [-0.25, -0.2) is 4.79 Å². The van der Waals surface area contributed by atoms with E-state index in [1.807, 2.05) is 0 Å². The van der Waals surface area contributed by atoms with Gasteiger partial charge in [0.25, 0.3) is 0 Å². The Morgan fingerprint density at radius 1 is 1.20 bits per heavy atom. The molecule has 0 atom stereocenters. The summed E-state index contributed by atoms with van der Waals surface area (Å²) >= 11 is 0. The molecular formula is C15H21N2O3+. The number of anilines is 1. The number of benzene rings is 1.